The maximum atomic E-state index is 11.7. The van der Waals surface area contributed by atoms with Crippen LogP contribution in [0.2, 0.25) is 5.02 Å². The van der Waals surface area contributed by atoms with Crippen LogP contribution in [0.15, 0.2) is 36.4 Å². The molecule has 1 unspecified atom stereocenters. The van der Waals surface area contributed by atoms with Crippen LogP contribution in [0.5, 0.6) is 11.5 Å². The Morgan fingerprint density at radius 3 is 2.96 bits per heavy atom. The van der Waals surface area contributed by atoms with E-state index in [0.29, 0.717) is 35.4 Å². The van der Waals surface area contributed by atoms with Crippen LogP contribution >= 0.6 is 11.6 Å². The predicted molar refractivity (Wildman–Crippen MR) is 91.8 cm³/mol. The van der Waals surface area contributed by atoms with Crippen molar-refractivity contribution in [1.82, 2.24) is 5.32 Å². The number of nitrogens with one attached hydrogen (secondary N) is 2. The van der Waals surface area contributed by atoms with E-state index >= 15 is 0 Å². The van der Waals surface area contributed by atoms with Crippen LogP contribution < -0.4 is 20.1 Å². The Morgan fingerprint density at radius 1 is 1.29 bits per heavy atom. The van der Waals surface area contributed by atoms with E-state index in [-0.39, 0.29) is 18.4 Å². The molecular formula is C18H17ClN2O3. The van der Waals surface area contributed by atoms with Crippen LogP contribution in [0, 0.1) is 0 Å². The first-order valence-electron chi connectivity index (χ1n) is 7.90. The monoisotopic (exact) mass is 344 g/mol. The van der Waals surface area contributed by atoms with Gasteiger partial charge >= 0.3 is 0 Å². The van der Waals surface area contributed by atoms with Crippen molar-refractivity contribution >= 4 is 23.2 Å². The van der Waals surface area contributed by atoms with E-state index in [2.05, 4.69) is 22.8 Å². The van der Waals surface area contributed by atoms with Crippen molar-refractivity contribution in [2.75, 3.05) is 18.5 Å². The highest BCUT2D eigenvalue weighted by atomic mass is 35.5. The number of carbonyl (C=O) groups excluding carboxylic acids is 1. The number of ether oxygens (including phenoxy) is 2. The number of amides is 1. The molecule has 24 heavy (non-hydrogen) atoms. The number of halogens is 1. The lowest BCUT2D eigenvalue weighted by molar-refractivity contribution is -0.115. The molecule has 1 atom stereocenters. The minimum atomic E-state index is -0.109. The molecule has 0 radical (unpaired) electrons. The number of hydrogen-bond donors (Lipinski definition) is 2. The van der Waals surface area contributed by atoms with Crippen LogP contribution in [0.25, 0.3) is 0 Å². The zero-order chi connectivity index (χ0) is 16.5. The molecule has 2 aromatic carbocycles. The molecule has 5 nitrogen and oxygen atoms in total. The van der Waals surface area contributed by atoms with Crippen LogP contribution in [0.3, 0.4) is 0 Å². The summed E-state index contributed by atoms with van der Waals surface area (Å²) in [5.74, 6) is 1.16. The van der Waals surface area contributed by atoms with E-state index in [1.54, 1.807) is 6.07 Å². The van der Waals surface area contributed by atoms with Gasteiger partial charge in [-0.25, -0.2) is 0 Å². The molecule has 0 fully saturated rings. The van der Waals surface area contributed by atoms with Crippen LogP contribution in [0.4, 0.5) is 5.69 Å². The Kier molecular flexibility index (Phi) is 4.04. The normalized spacial score (nSPS) is 18.2. The molecule has 2 aliphatic heterocycles. The van der Waals surface area contributed by atoms with E-state index in [4.69, 9.17) is 21.1 Å². The Balaban J connectivity index is 1.44. The van der Waals surface area contributed by atoms with Crippen molar-refractivity contribution < 1.29 is 14.3 Å². The van der Waals surface area contributed by atoms with Gasteiger partial charge in [0.15, 0.2) is 11.5 Å². The van der Waals surface area contributed by atoms with Crippen LogP contribution in [-0.4, -0.2) is 25.2 Å². The van der Waals surface area contributed by atoms with E-state index in [1.165, 1.54) is 5.56 Å². The number of rotatable bonds is 4. The Hall–Kier alpha value is -2.24. The van der Waals surface area contributed by atoms with E-state index in [0.717, 1.165) is 12.1 Å². The lowest BCUT2D eigenvalue weighted by Crippen LogP contribution is -2.38. The van der Waals surface area contributed by atoms with Gasteiger partial charge in [-0.15, -0.1) is 0 Å². The Bertz CT molecular complexity index is 780. The van der Waals surface area contributed by atoms with Crippen molar-refractivity contribution in [2.45, 2.75) is 19.1 Å². The largest absolute Gasteiger partial charge is 0.486 e. The average Bonchev–Trinajstić information content (AvgIpc) is 2.99. The standard InChI is InChI=1S/C18H17ClN2O3/c19-14-7-15-18(13-6-16(22)21-17(13)14)24-12(10-23-15)9-20-8-11-4-2-1-3-5-11/h1-5,7,12,20H,6,8-10H2,(H,21,22). The molecule has 0 aliphatic carbocycles. The summed E-state index contributed by atoms with van der Waals surface area (Å²) in [4.78, 5) is 11.7. The zero-order valence-corrected chi connectivity index (χ0v) is 13.7. The topological polar surface area (TPSA) is 59.6 Å². The second kappa shape index (κ2) is 6.34. The van der Waals surface area contributed by atoms with Crippen molar-refractivity contribution in [1.29, 1.82) is 0 Å². The highest BCUT2D eigenvalue weighted by Crippen LogP contribution is 2.46. The summed E-state index contributed by atoms with van der Waals surface area (Å²) in [6.07, 6.45) is 0.161. The second-order valence-corrected chi connectivity index (χ2v) is 6.34. The van der Waals surface area contributed by atoms with Crippen molar-refractivity contribution in [3.63, 3.8) is 0 Å². The average molecular weight is 345 g/mol. The predicted octanol–water partition coefficient (Wildman–Crippen LogP) is 2.76. The fourth-order valence-corrected chi connectivity index (χ4v) is 3.26. The number of fused-ring (bicyclic) bond motifs is 3. The first kappa shape index (κ1) is 15.3. The lowest BCUT2D eigenvalue weighted by atomic mass is 10.1. The van der Waals surface area contributed by atoms with Gasteiger partial charge < -0.3 is 20.1 Å². The summed E-state index contributed by atoms with van der Waals surface area (Å²) in [7, 11) is 0. The maximum absolute atomic E-state index is 11.7. The summed E-state index contributed by atoms with van der Waals surface area (Å²) < 4.78 is 11.9. The fraction of sp³-hybridized carbons (Fsp3) is 0.278. The fourth-order valence-electron chi connectivity index (χ4n) is 3.00. The van der Waals surface area contributed by atoms with Gasteiger partial charge in [0.25, 0.3) is 0 Å². The third kappa shape index (κ3) is 2.92. The van der Waals surface area contributed by atoms with Gasteiger partial charge in [0.1, 0.15) is 12.7 Å². The molecule has 0 spiro atoms. The van der Waals surface area contributed by atoms with E-state index < -0.39 is 0 Å². The highest BCUT2D eigenvalue weighted by Gasteiger charge is 2.31. The van der Waals surface area contributed by atoms with Gasteiger partial charge in [-0.1, -0.05) is 41.9 Å². The smallest absolute Gasteiger partial charge is 0.229 e. The van der Waals surface area contributed by atoms with Crippen LogP contribution in [-0.2, 0) is 17.8 Å². The first-order valence-corrected chi connectivity index (χ1v) is 8.28. The van der Waals surface area contributed by atoms with Crippen LogP contribution in [0.1, 0.15) is 11.1 Å². The van der Waals surface area contributed by atoms with Gasteiger partial charge in [0.2, 0.25) is 5.91 Å². The Labute approximate surface area is 144 Å². The first-order chi connectivity index (χ1) is 11.7. The van der Waals surface area contributed by atoms with Gasteiger partial charge in [0, 0.05) is 24.7 Å². The molecule has 0 bridgehead atoms. The number of hydrogen-bond acceptors (Lipinski definition) is 4. The van der Waals surface area contributed by atoms with Crippen molar-refractivity contribution in [2.24, 2.45) is 0 Å². The quantitative estimate of drug-likeness (QED) is 0.895. The molecule has 2 heterocycles. The molecular weight excluding hydrogens is 328 g/mol. The molecule has 0 saturated heterocycles. The maximum Gasteiger partial charge on any atom is 0.229 e. The summed E-state index contributed by atoms with van der Waals surface area (Å²) in [5.41, 5.74) is 2.65. The molecule has 1 amide bonds. The summed E-state index contributed by atoms with van der Waals surface area (Å²) >= 11 is 6.20. The number of benzene rings is 2. The van der Waals surface area contributed by atoms with E-state index in [1.807, 2.05) is 18.2 Å². The van der Waals surface area contributed by atoms with Gasteiger partial charge in [-0.05, 0) is 5.56 Å². The molecule has 124 valence electrons. The summed E-state index contributed by atoms with van der Waals surface area (Å²) in [5, 5.41) is 6.63. The molecule has 2 aromatic rings. The lowest BCUT2D eigenvalue weighted by Gasteiger charge is -2.28. The molecule has 2 N–H and O–H groups in total. The van der Waals surface area contributed by atoms with Gasteiger partial charge in [0.05, 0.1) is 17.1 Å². The number of carbonyl (C=O) groups is 1. The molecule has 4 rings (SSSR count). The molecule has 2 aliphatic rings. The van der Waals surface area contributed by atoms with Gasteiger partial charge in [-0.2, -0.15) is 0 Å². The second-order valence-electron chi connectivity index (χ2n) is 5.93. The highest BCUT2D eigenvalue weighted by molar-refractivity contribution is 6.34. The third-order valence-corrected chi connectivity index (χ3v) is 4.45. The van der Waals surface area contributed by atoms with Crippen molar-refractivity contribution in [3.8, 4) is 11.5 Å². The van der Waals surface area contributed by atoms with E-state index in [9.17, 15) is 4.79 Å². The molecule has 0 aromatic heterocycles. The van der Waals surface area contributed by atoms with Gasteiger partial charge in [-0.3, -0.25) is 4.79 Å². The third-order valence-electron chi connectivity index (χ3n) is 4.15. The Morgan fingerprint density at radius 2 is 2.12 bits per heavy atom. The minimum Gasteiger partial charge on any atom is -0.486 e. The minimum absolute atomic E-state index is 0.0757. The molecule has 6 heteroatoms. The van der Waals surface area contributed by atoms with Crippen molar-refractivity contribution in [3.05, 3.63) is 52.5 Å². The molecule has 0 saturated carbocycles. The number of anilines is 1. The summed E-state index contributed by atoms with van der Waals surface area (Å²) in [6.45, 7) is 1.88. The SMILES string of the molecule is O=C1Cc2c(c(Cl)cc3c2OC(CNCc2ccccc2)CO3)N1. The zero-order valence-electron chi connectivity index (χ0n) is 13.0. The summed E-state index contributed by atoms with van der Waals surface area (Å²) in [6, 6.07) is 11.9.